The van der Waals surface area contributed by atoms with Gasteiger partial charge in [-0.15, -0.1) is 0 Å². The minimum absolute atomic E-state index is 0.0457. The maximum atomic E-state index is 13.1. The van der Waals surface area contributed by atoms with Crippen molar-refractivity contribution in [1.29, 1.82) is 0 Å². The Morgan fingerprint density at radius 3 is 2.52 bits per heavy atom. The minimum Gasteiger partial charge on any atom is -0.467 e. The second kappa shape index (κ2) is 9.16. The van der Waals surface area contributed by atoms with Crippen molar-refractivity contribution < 1.29 is 9.21 Å². The molecule has 0 saturated carbocycles. The van der Waals surface area contributed by atoms with E-state index in [1.807, 2.05) is 54.7 Å². The molecule has 1 amide bonds. The molecule has 6 nitrogen and oxygen atoms in total. The second-order valence-electron chi connectivity index (χ2n) is 8.26. The van der Waals surface area contributed by atoms with Crippen molar-refractivity contribution in [2.45, 2.75) is 6.54 Å². The number of halogens is 1. The normalized spacial score (nSPS) is 14.0. The number of furan rings is 1. The molecule has 3 heterocycles. The summed E-state index contributed by atoms with van der Waals surface area (Å²) in [6.07, 6.45) is 3.46. The molecular weight excluding hydrogens is 436 g/mol. The summed E-state index contributed by atoms with van der Waals surface area (Å²) in [5.41, 5.74) is 1.82. The van der Waals surface area contributed by atoms with Gasteiger partial charge < -0.3 is 19.1 Å². The van der Waals surface area contributed by atoms with Crippen molar-refractivity contribution in [2.75, 3.05) is 43.0 Å². The first kappa shape index (κ1) is 21.3. The lowest BCUT2D eigenvalue weighted by molar-refractivity contribution is 0.0775. The van der Waals surface area contributed by atoms with E-state index in [4.69, 9.17) is 21.0 Å². The number of nitrogens with zero attached hydrogens (tertiary/aromatic N) is 4. The number of amides is 1. The fourth-order valence-corrected chi connectivity index (χ4v) is 4.42. The number of hydrogen-bond donors (Lipinski definition) is 0. The summed E-state index contributed by atoms with van der Waals surface area (Å²) in [6, 6.07) is 19.5. The van der Waals surface area contributed by atoms with Crippen molar-refractivity contribution in [1.82, 2.24) is 9.88 Å². The average molecular weight is 461 g/mol. The van der Waals surface area contributed by atoms with Crippen LogP contribution in [0, 0.1) is 0 Å². The predicted molar refractivity (Wildman–Crippen MR) is 132 cm³/mol. The van der Waals surface area contributed by atoms with Crippen LogP contribution in [0.5, 0.6) is 0 Å². The van der Waals surface area contributed by atoms with Gasteiger partial charge in [0.1, 0.15) is 11.6 Å². The van der Waals surface area contributed by atoms with Crippen LogP contribution in [-0.2, 0) is 6.54 Å². The fourth-order valence-electron chi connectivity index (χ4n) is 4.29. The van der Waals surface area contributed by atoms with Crippen LogP contribution in [0.3, 0.4) is 0 Å². The van der Waals surface area contributed by atoms with Crippen molar-refractivity contribution in [3.63, 3.8) is 0 Å². The molecule has 0 aliphatic carbocycles. The highest BCUT2D eigenvalue weighted by Gasteiger charge is 2.21. The number of anilines is 2. The number of pyridine rings is 1. The predicted octanol–water partition coefficient (Wildman–Crippen LogP) is 5.08. The molecule has 0 atom stereocenters. The molecule has 1 fully saturated rings. The monoisotopic (exact) mass is 460 g/mol. The third kappa shape index (κ3) is 4.52. The van der Waals surface area contributed by atoms with E-state index < -0.39 is 0 Å². The first-order chi connectivity index (χ1) is 16.1. The molecule has 0 N–H and O–H groups in total. The Bertz CT molecular complexity index is 1250. The number of hydrogen-bond acceptors (Lipinski definition) is 5. The number of carbonyl (C=O) groups is 1. The Morgan fingerprint density at radius 2 is 1.79 bits per heavy atom. The molecule has 0 unspecified atom stereocenters. The van der Waals surface area contributed by atoms with Crippen molar-refractivity contribution in [2.24, 2.45) is 0 Å². The van der Waals surface area contributed by atoms with Gasteiger partial charge in [0.2, 0.25) is 0 Å². The number of carbonyl (C=O) groups excluding carboxylic acids is 1. The van der Waals surface area contributed by atoms with Crippen LogP contribution >= 0.6 is 11.6 Å². The molecule has 7 heteroatoms. The highest BCUT2D eigenvalue weighted by atomic mass is 35.5. The lowest BCUT2D eigenvalue weighted by Gasteiger charge is -2.37. The molecule has 4 aromatic rings. The van der Waals surface area contributed by atoms with Crippen LogP contribution in [0.4, 0.5) is 11.5 Å². The van der Waals surface area contributed by atoms with Gasteiger partial charge in [-0.3, -0.25) is 4.79 Å². The molecule has 33 heavy (non-hydrogen) atoms. The maximum Gasteiger partial charge on any atom is 0.254 e. The van der Waals surface area contributed by atoms with E-state index in [2.05, 4.69) is 21.9 Å². The standard InChI is InChI=1S/C26H25ClN4O2/c1-29(18-23-3-2-16-33-23)26(32)20-5-4-19-10-11-28-25(24(19)17-20)31-14-12-30(13-15-31)22-8-6-21(27)7-9-22/h2-11,16-17H,12-15,18H2,1H3. The fraction of sp³-hybridized carbons (Fsp3) is 0.231. The Balaban J connectivity index is 1.35. The number of fused-ring (bicyclic) bond motifs is 1. The van der Waals surface area contributed by atoms with E-state index in [0.717, 1.165) is 53.6 Å². The third-order valence-electron chi connectivity index (χ3n) is 6.08. The molecule has 2 aromatic heterocycles. The Hall–Kier alpha value is -3.51. The topological polar surface area (TPSA) is 52.8 Å². The lowest BCUT2D eigenvalue weighted by atomic mass is 10.1. The zero-order valence-electron chi connectivity index (χ0n) is 18.4. The highest BCUT2D eigenvalue weighted by Crippen LogP contribution is 2.28. The summed E-state index contributed by atoms with van der Waals surface area (Å²) in [6.45, 7) is 3.92. The zero-order valence-corrected chi connectivity index (χ0v) is 19.2. The maximum absolute atomic E-state index is 13.1. The number of benzene rings is 2. The van der Waals surface area contributed by atoms with E-state index in [-0.39, 0.29) is 5.91 Å². The molecule has 168 valence electrons. The smallest absolute Gasteiger partial charge is 0.254 e. The van der Waals surface area contributed by atoms with Crippen LogP contribution in [-0.4, -0.2) is 49.0 Å². The van der Waals surface area contributed by atoms with Gasteiger partial charge in [0.25, 0.3) is 5.91 Å². The van der Waals surface area contributed by atoms with Gasteiger partial charge in [-0.1, -0.05) is 17.7 Å². The molecule has 1 aliphatic rings. The van der Waals surface area contributed by atoms with E-state index in [0.29, 0.717) is 12.1 Å². The van der Waals surface area contributed by atoms with Gasteiger partial charge in [-0.2, -0.15) is 0 Å². The quantitative estimate of drug-likeness (QED) is 0.415. The van der Waals surface area contributed by atoms with Gasteiger partial charge in [-0.25, -0.2) is 4.98 Å². The minimum atomic E-state index is -0.0457. The van der Waals surface area contributed by atoms with Crippen molar-refractivity contribution >= 4 is 39.8 Å². The molecule has 0 bridgehead atoms. The third-order valence-corrected chi connectivity index (χ3v) is 6.33. The summed E-state index contributed by atoms with van der Waals surface area (Å²) in [5.74, 6) is 1.63. The first-order valence-corrected chi connectivity index (χ1v) is 11.4. The van der Waals surface area contributed by atoms with Crippen LogP contribution in [0.15, 0.2) is 77.5 Å². The van der Waals surface area contributed by atoms with E-state index >= 15 is 0 Å². The summed E-state index contributed by atoms with van der Waals surface area (Å²) >= 11 is 6.03. The summed E-state index contributed by atoms with van der Waals surface area (Å²) in [7, 11) is 1.79. The van der Waals surface area contributed by atoms with Crippen LogP contribution in [0.25, 0.3) is 10.8 Å². The van der Waals surface area contributed by atoms with Crippen molar-refractivity contribution in [3.8, 4) is 0 Å². The molecule has 2 aromatic carbocycles. The van der Waals surface area contributed by atoms with Crippen LogP contribution in [0.1, 0.15) is 16.1 Å². The number of rotatable bonds is 5. The summed E-state index contributed by atoms with van der Waals surface area (Å²) < 4.78 is 5.38. The highest BCUT2D eigenvalue weighted by molar-refractivity contribution is 6.30. The second-order valence-corrected chi connectivity index (χ2v) is 8.70. The van der Waals surface area contributed by atoms with Gasteiger partial charge in [0, 0.05) is 61.1 Å². The van der Waals surface area contributed by atoms with Gasteiger partial charge in [0.15, 0.2) is 0 Å². The van der Waals surface area contributed by atoms with Crippen LogP contribution < -0.4 is 9.80 Å². The Labute approximate surface area is 198 Å². The summed E-state index contributed by atoms with van der Waals surface area (Å²) in [4.78, 5) is 24.1. The average Bonchev–Trinajstić information content (AvgIpc) is 3.36. The Morgan fingerprint density at radius 1 is 1.03 bits per heavy atom. The van der Waals surface area contributed by atoms with Gasteiger partial charge in [0.05, 0.1) is 12.8 Å². The molecule has 0 radical (unpaired) electrons. The number of aromatic nitrogens is 1. The first-order valence-electron chi connectivity index (χ1n) is 11.0. The van der Waals surface area contributed by atoms with Gasteiger partial charge in [-0.05, 0) is 60.0 Å². The Kier molecular flexibility index (Phi) is 5.92. The van der Waals surface area contributed by atoms with Crippen molar-refractivity contribution in [3.05, 3.63) is 89.5 Å². The largest absolute Gasteiger partial charge is 0.467 e. The van der Waals surface area contributed by atoms with E-state index in [1.165, 1.54) is 5.69 Å². The molecule has 5 rings (SSSR count). The molecule has 1 saturated heterocycles. The zero-order chi connectivity index (χ0) is 22.8. The lowest BCUT2D eigenvalue weighted by Crippen LogP contribution is -2.46. The van der Waals surface area contributed by atoms with E-state index in [9.17, 15) is 4.79 Å². The van der Waals surface area contributed by atoms with Crippen LogP contribution in [0.2, 0.25) is 5.02 Å². The molecule has 0 spiro atoms. The summed E-state index contributed by atoms with van der Waals surface area (Å²) in [5, 5.41) is 2.82. The molecule has 1 aliphatic heterocycles. The van der Waals surface area contributed by atoms with E-state index in [1.54, 1.807) is 18.2 Å². The number of piperazine rings is 1. The molecular formula is C26H25ClN4O2. The van der Waals surface area contributed by atoms with Gasteiger partial charge >= 0.3 is 0 Å². The SMILES string of the molecule is CN(Cc1ccco1)C(=O)c1ccc2ccnc(N3CCN(c4ccc(Cl)cc4)CC3)c2c1.